The zero-order valence-electron chi connectivity index (χ0n) is 13.0. The van der Waals surface area contributed by atoms with Crippen LogP contribution in [0.2, 0.25) is 0 Å². The van der Waals surface area contributed by atoms with Gasteiger partial charge in [-0.1, -0.05) is 54.9 Å². The van der Waals surface area contributed by atoms with Crippen LogP contribution in [-0.4, -0.2) is 0 Å². The van der Waals surface area contributed by atoms with Crippen molar-refractivity contribution in [1.29, 1.82) is 0 Å². The Balaban J connectivity index is 2.32. The zero-order chi connectivity index (χ0) is 15.6. The first-order valence-electron chi connectivity index (χ1n) is 7.11. The SMILES string of the molecule is CC(N)c1ccc(Oc2cc(Br)ccc2C(C)(C)C)cc1. The van der Waals surface area contributed by atoms with Crippen molar-refractivity contribution in [3.05, 3.63) is 58.1 Å². The summed E-state index contributed by atoms with van der Waals surface area (Å²) in [4.78, 5) is 0. The molecule has 0 aliphatic heterocycles. The number of rotatable bonds is 3. The second kappa shape index (κ2) is 6.20. The van der Waals surface area contributed by atoms with Gasteiger partial charge in [0.25, 0.3) is 0 Å². The maximum absolute atomic E-state index is 6.08. The van der Waals surface area contributed by atoms with Crippen LogP contribution in [0, 0.1) is 0 Å². The lowest BCUT2D eigenvalue weighted by atomic mass is 9.86. The third-order valence-corrected chi connectivity index (χ3v) is 3.88. The summed E-state index contributed by atoms with van der Waals surface area (Å²) < 4.78 is 7.09. The fourth-order valence-electron chi connectivity index (χ4n) is 2.17. The highest BCUT2D eigenvalue weighted by atomic mass is 79.9. The van der Waals surface area contributed by atoms with Crippen LogP contribution in [0.15, 0.2) is 46.9 Å². The third kappa shape index (κ3) is 4.08. The van der Waals surface area contributed by atoms with Gasteiger partial charge in [-0.05, 0) is 42.2 Å². The minimum Gasteiger partial charge on any atom is -0.457 e. The summed E-state index contributed by atoms with van der Waals surface area (Å²) in [5, 5.41) is 0. The van der Waals surface area contributed by atoms with E-state index in [9.17, 15) is 0 Å². The van der Waals surface area contributed by atoms with Crippen LogP contribution in [0.4, 0.5) is 0 Å². The molecule has 2 N–H and O–H groups in total. The molecule has 1 unspecified atom stereocenters. The van der Waals surface area contributed by atoms with Crippen molar-refractivity contribution in [3.8, 4) is 11.5 Å². The monoisotopic (exact) mass is 347 g/mol. The zero-order valence-corrected chi connectivity index (χ0v) is 14.6. The number of benzene rings is 2. The van der Waals surface area contributed by atoms with Crippen LogP contribution in [0.5, 0.6) is 11.5 Å². The van der Waals surface area contributed by atoms with Crippen molar-refractivity contribution in [2.45, 2.75) is 39.2 Å². The van der Waals surface area contributed by atoms with Crippen molar-refractivity contribution < 1.29 is 4.74 Å². The van der Waals surface area contributed by atoms with Gasteiger partial charge in [0.05, 0.1) is 0 Å². The predicted molar refractivity (Wildman–Crippen MR) is 92.0 cm³/mol. The molecule has 2 aromatic carbocycles. The van der Waals surface area contributed by atoms with Gasteiger partial charge in [0.1, 0.15) is 11.5 Å². The van der Waals surface area contributed by atoms with Gasteiger partial charge in [-0.3, -0.25) is 0 Å². The molecule has 21 heavy (non-hydrogen) atoms. The van der Waals surface area contributed by atoms with E-state index in [2.05, 4.69) is 42.8 Å². The number of ether oxygens (including phenoxy) is 1. The molecule has 0 aliphatic rings. The number of nitrogens with two attached hydrogens (primary N) is 1. The normalized spacial score (nSPS) is 13.0. The molecule has 0 aromatic heterocycles. The van der Waals surface area contributed by atoms with Crippen LogP contribution < -0.4 is 10.5 Å². The quantitative estimate of drug-likeness (QED) is 0.788. The lowest BCUT2D eigenvalue weighted by molar-refractivity contribution is 0.455. The van der Waals surface area contributed by atoms with E-state index in [4.69, 9.17) is 10.5 Å². The van der Waals surface area contributed by atoms with Gasteiger partial charge in [0.2, 0.25) is 0 Å². The maximum atomic E-state index is 6.08. The molecular formula is C18H22BrNO. The van der Waals surface area contributed by atoms with Crippen LogP contribution in [-0.2, 0) is 5.41 Å². The highest BCUT2D eigenvalue weighted by Crippen LogP contribution is 2.36. The van der Waals surface area contributed by atoms with Crippen LogP contribution >= 0.6 is 15.9 Å². The Kier molecular flexibility index (Phi) is 4.74. The first kappa shape index (κ1) is 16.1. The molecule has 0 bridgehead atoms. The minimum absolute atomic E-state index is 0.0295. The molecule has 0 saturated carbocycles. The minimum atomic E-state index is 0.0295. The first-order valence-corrected chi connectivity index (χ1v) is 7.90. The molecule has 2 nitrogen and oxygen atoms in total. The Bertz CT molecular complexity index is 612. The van der Waals surface area contributed by atoms with E-state index in [1.54, 1.807) is 0 Å². The number of hydrogen-bond donors (Lipinski definition) is 1. The van der Waals surface area contributed by atoms with Gasteiger partial charge >= 0.3 is 0 Å². The Labute approximate surface area is 135 Å². The Morgan fingerprint density at radius 1 is 1.05 bits per heavy atom. The van der Waals surface area contributed by atoms with E-state index < -0.39 is 0 Å². The topological polar surface area (TPSA) is 35.2 Å². The van der Waals surface area contributed by atoms with E-state index in [0.29, 0.717) is 0 Å². The highest BCUT2D eigenvalue weighted by molar-refractivity contribution is 9.10. The number of halogens is 1. The lowest BCUT2D eigenvalue weighted by Crippen LogP contribution is -2.12. The van der Waals surface area contributed by atoms with Gasteiger partial charge in [0, 0.05) is 16.1 Å². The van der Waals surface area contributed by atoms with Crippen molar-refractivity contribution >= 4 is 15.9 Å². The van der Waals surface area contributed by atoms with Gasteiger partial charge in [-0.2, -0.15) is 0 Å². The molecule has 3 heteroatoms. The van der Waals surface area contributed by atoms with E-state index in [1.807, 2.05) is 43.3 Å². The van der Waals surface area contributed by atoms with Crippen molar-refractivity contribution in [3.63, 3.8) is 0 Å². The van der Waals surface area contributed by atoms with Crippen molar-refractivity contribution in [2.75, 3.05) is 0 Å². The molecule has 112 valence electrons. The summed E-state index contributed by atoms with van der Waals surface area (Å²) in [5.74, 6) is 1.70. The summed E-state index contributed by atoms with van der Waals surface area (Å²) in [5.41, 5.74) is 8.19. The van der Waals surface area contributed by atoms with Crippen LogP contribution in [0.25, 0.3) is 0 Å². The standard InChI is InChI=1S/C18H22BrNO/c1-12(20)13-5-8-15(9-6-13)21-17-11-14(19)7-10-16(17)18(2,3)4/h5-12H,20H2,1-4H3. The smallest absolute Gasteiger partial charge is 0.132 e. The van der Waals surface area contributed by atoms with Crippen LogP contribution in [0.1, 0.15) is 44.9 Å². The Morgan fingerprint density at radius 2 is 1.67 bits per heavy atom. The van der Waals surface area contributed by atoms with Crippen LogP contribution in [0.3, 0.4) is 0 Å². The molecule has 2 aromatic rings. The van der Waals surface area contributed by atoms with Crippen molar-refractivity contribution in [1.82, 2.24) is 0 Å². The van der Waals surface area contributed by atoms with Gasteiger partial charge in [-0.25, -0.2) is 0 Å². The second-order valence-corrected chi connectivity index (χ2v) is 7.27. The molecule has 0 aliphatic carbocycles. The average molecular weight is 348 g/mol. The van der Waals surface area contributed by atoms with E-state index in [0.717, 1.165) is 21.5 Å². The fraction of sp³-hybridized carbons (Fsp3) is 0.333. The summed E-state index contributed by atoms with van der Waals surface area (Å²) in [7, 11) is 0. The van der Waals surface area contributed by atoms with E-state index in [1.165, 1.54) is 5.56 Å². The third-order valence-electron chi connectivity index (χ3n) is 3.39. The van der Waals surface area contributed by atoms with Crippen molar-refractivity contribution in [2.24, 2.45) is 5.73 Å². The van der Waals surface area contributed by atoms with Gasteiger partial charge < -0.3 is 10.5 Å². The summed E-state index contributed by atoms with van der Waals surface area (Å²) in [6.07, 6.45) is 0. The molecule has 0 saturated heterocycles. The Hall–Kier alpha value is -1.32. The predicted octanol–water partition coefficient (Wildman–Crippen LogP) is 5.56. The molecule has 1 atom stereocenters. The number of hydrogen-bond acceptors (Lipinski definition) is 2. The van der Waals surface area contributed by atoms with Gasteiger partial charge in [-0.15, -0.1) is 0 Å². The fourth-order valence-corrected chi connectivity index (χ4v) is 2.51. The second-order valence-electron chi connectivity index (χ2n) is 6.35. The molecular weight excluding hydrogens is 326 g/mol. The summed E-state index contributed by atoms with van der Waals surface area (Å²) in [6, 6.07) is 14.2. The largest absolute Gasteiger partial charge is 0.457 e. The highest BCUT2D eigenvalue weighted by Gasteiger charge is 2.19. The molecule has 0 heterocycles. The molecule has 2 rings (SSSR count). The van der Waals surface area contributed by atoms with E-state index >= 15 is 0 Å². The average Bonchev–Trinajstić information content (AvgIpc) is 2.38. The molecule has 0 fully saturated rings. The molecule has 0 spiro atoms. The Morgan fingerprint density at radius 3 is 2.19 bits per heavy atom. The van der Waals surface area contributed by atoms with Gasteiger partial charge in [0.15, 0.2) is 0 Å². The lowest BCUT2D eigenvalue weighted by Gasteiger charge is -2.23. The maximum Gasteiger partial charge on any atom is 0.132 e. The summed E-state index contributed by atoms with van der Waals surface area (Å²) >= 11 is 3.51. The van der Waals surface area contributed by atoms with E-state index in [-0.39, 0.29) is 11.5 Å². The molecule has 0 amide bonds. The molecule has 0 radical (unpaired) electrons. The summed E-state index contributed by atoms with van der Waals surface area (Å²) in [6.45, 7) is 8.52. The first-order chi connectivity index (χ1) is 9.77.